The van der Waals surface area contributed by atoms with Crippen LogP contribution >= 0.6 is 11.8 Å². The fourth-order valence-corrected chi connectivity index (χ4v) is 2.80. The molecule has 18 heavy (non-hydrogen) atoms. The molecular formula is C12H23N3O2S. The molecule has 0 aromatic carbocycles. The van der Waals surface area contributed by atoms with Crippen LogP contribution < -0.4 is 16.4 Å². The third kappa shape index (κ3) is 3.96. The molecule has 0 aliphatic carbocycles. The first kappa shape index (κ1) is 15.5. The van der Waals surface area contributed by atoms with E-state index in [1.54, 1.807) is 18.7 Å². The molecule has 0 aromatic heterocycles. The van der Waals surface area contributed by atoms with Gasteiger partial charge in [0.1, 0.15) is 5.37 Å². The molecule has 1 heterocycles. The lowest BCUT2D eigenvalue weighted by Crippen LogP contribution is -2.53. The number of hydrogen-bond acceptors (Lipinski definition) is 5. The Hall–Kier alpha value is -0.590. The van der Waals surface area contributed by atoms with Gasteiger partial charge < -0.3 is 11.1 Å². The molecule has 1 rings (SSSR count). The molecule has 1 aliphatic heterocycles. The zero-order valence-corrected chi connectivity index (χ0v) is 12.0. The summed E-state index contributed by atoms with van der Waals surface area (Å²) in [4.78, 5) is 24.0. The quantitative estimate of drug-likeness (QED) is 0.639. The number of rotatable bonds is 6. The molecule has 0 bridgehead atoms. The Labute approximate surface area is 113 Å². The van der Waals surface area contributed by atoms with Gasteiger partial charge in [-0.15, -0.1) is 11.8 Å². The highest BCUT2D eigenvalue weighted by molar-refractivity contribution is 8.00. The monoisotopic (exact) mass is 273 g/mol. The van der Waals surface area contributed by atoms with Crippen LogP contribution in [0.5, 0.6) is 0 Å². The van der Waals surface area contributed by atoms with Crippen molar-refractivity contribution in [1.29, 1.82) is 0 Å². The molecule has 1 saturated heterocycles. The SMILES string of the molecule is CC[C@H](C)[C@H](NC(=O)[C@H](C)N)C(=O)C1NCCS1. The van der Waals surface area contributed by atoms with Gasteiger partial charge in [0.05, 0.1) is 12.1 Å². The van der Waals surface area contributed by atoms with E-state index in [1.807, 2.05) is 13.8 Å². The minimum Gasteiger partial charge on any atom is -0.345 e. The van der Waals surface area contributed by atoms with E-state index < -0.39 is 12.1 Å². The van der Waals surface area contributed by atoms with Crippen molar-refractivity contribution in [3.8, 4) is 0 Å². The van der Waals surface area contributed by atoms with Crippen LogP contribution in [0.1, 0.15) is 27.2 Å². The molecule has 4 N–H and O–H groups in total. The van der Waals surface area contributed by atoms with Gasteiger partial charge in [0.15, 0.2) is 5.78 Å². The van der Waals surface area contributed by atoms with Crippen molar-refractivity contribution in [1.82, 2.24) is 10.6 Å². The van der Waals surface area contributed by atoms with Gasteiger partial charge in [0.25, 0.3) is 0 Å². The van der Waals surface area contributed by atoms with Gasteiger partial charge in [-0.25, -0.2) is 0 Å². The molecule has 1 unspecified atom stereocenters. The van der Waals surface area contributed by atoms with Crippen molar-refractivity contribution in [2.75, 3.05) is 12.3 Å². The van der Waals surface area contributed by atoms with Gasteiger partial charge in [-0.05, 0) is 12.8 Å². The van der Waals surface area contributed by atoms with Gasteiger partial charge in [-0.3, -0.25) is 14.9 Å². The maximum Gasteiger partial charge on any atom is 0.237 e. The highest BCUT2D eigenvalue weighted by Crippen LogP contribution is 2.19. The standard InChI is InChI=1S/C12H23N3O2S/c1-4-7(2)9(15-11(17)8(3)13)10(16)12-14-5-6-18-12/h7-9,12,14H,4-6,13H2,1-3H3,(H,15,17)/t7-,8-,9-,12?/m0/s1. The number of carbonyl (C=O) groups excluding carboxylic acids is 2. The van der Waals surface area contributed by atoms with E-state index in [2.05, 4.69) is 10.6 Å². The maximum atomic E-state index is 12.4. The van der Waals surface area contributed by atoms with Crippen LogP contribution in [0.15, 0.2) is 0 Å². The molecule has 5 nitrogen and oxygen atoms in total. The summed E-state index contributed by atoms with van der Waals surface area (Å²) >= 11 is 1.60. The molecule has 1 amide bonds. The molecule has 4 atom stereocenters. The number of amides is 1. The average Bonchev–Trinajstić information content (AvgIpc) is 2.87. The van der Waals surface area contributed by atoms with E-state index >= 15 is 0 Å². The molecular weight excluding hydrogens is 250 g/mol. The number of thioether (sulfide) groups is 1. The van der Waals surface area contributed by atoms with Crippen molar-refractivity contribution in [2.24, 2.45) is 11.7 Å². The topological polar surface area (TPSA) is 84.2 Å². The molecule has 6 heteroatoms. The van der Waals surface area contributed by atoms with Crippen LogP contribution in [-0.4, -0.2) is 41.4 Å². The Bertz CT molecular complexity index is 304. The molecule has 0 aromatic rings. The summed E-state index contributed by atoms with van der Waals surface area (Å²) in [6, 6.07) is -1.04. The summed E-state index contributed by atoms with van der Waals surface area (Å²) in [6.45, 7) is 6.45. The maximum absolute atomic E-state index is 12.4. The molecule has 104 valence electrons. The second kappa shape index (κ2) is 7.11. The Morgan fingerprint density at radius 1 is 1.50 bits per heavy atom. The normalized spacial score (nSPS) is 24.3. The van der Waals surface area contributed by atoms with Crippen molar-refractivity contribution in [3.63, 3.8) is 0 Å². The van der Waals surface area contributed by atoms with Crippen LogP contribution in [0, 0.1) is 5.92 Å². The first-order chi connectivity index (χ1) is 8.47. The Kier molecular flexibility index (Phi) is 6.11. The summed E-state index contributed by atoms with van der Waals surface area (Å²) < 4.78 is 0. The van der Waals surface area contributed by atoms with Gasteiger partial charge in [0.2, 0.25) is 5.91 Å². The van der Waals surface area contributed by atoms with E-state index in [1.165, 1.54) is 0 Å². The van der Waals surface area contributed by atoms with Crippen LogP contribution in [0.25, 0.3) is 0 Å². The number of Topliss-reactive ketones (excluding diaryl/α,β-unsaturated/α-hetero) is 1. The summed E-state index contributed by atoms with van der Waals surface area (Å²) in [5, 5.41) is 5.73. The lowest BCUT2D eigenvalue weighted by Gasteiger charge is -2.26. The summed E-state index contributed by atoms with van der Waals surface area (Å²) in [7, 11) is 0. The molecule has 0 spiro atoms. The molecule has 0 saturated carbocycles. The zero-order valence-electron chi connectivity index (χ0n) is 11.2. The number of nitrogens with one attached hydrogen (secondary N) is 2. The van der Waals surface area contributed by atoms with Crippen molar-refractivity contribution < 1.29 is 9.59 Å². The van der Waals surface area contributed by atoms with Gasteiger partial charge in [-0.2, -0.15) is 0 Å². The third-order valence-corrected chi connectivity index (χ3v) is 4.38. The molecule has 1 fully saturated rings. The van der Waals surface area contributed by atoms with Gasteiger partial charge in [-0.1, -0.05) is 20.3 Å². The number of hydrogen-bond donors (Lipinski definition) is 3. The van der Waals surface area contributed by atoms with E-state index in [9.17, 15) is 9.59 Å². The first-order valence-electron chi connectivity index (χ1n) is 6.42. The van der Waals surface area contributed by atoms with Gasteiger partial charge in [0, 0.05) is 12.3 Å². The Morgan fingerprint density at radius 2 is 2.17 bits per heavy atom. The fraction of sp³-hybridized carbons (Fsp3) is 0.833. The smallest absolute Gasteiger partial charge is 0.237 e. The van der Waals surface area contributed by atoms with E-state index in [4.69, 9.17) is 5.73 Å². The van der Waals surface area contributed by atoms with Crippen LogP contribution in [0.2, 0.25) is 0 Å². The lowest BCUT2D eigenvalue weighted by atomic mass is 9.94. The van der Waals surface area contributed by atoms with E-state index in [0.717, 1.165) is 18.7 Å². The fourth-order valence-electron chi connectivity index (χ4n) is 1.79. The minimum absolute atomic E-state index is 0.0563. The second-order valence-electron chi connectivity index (χ2n) is 4.77. The largest absolute Gasteiger partial charge is 0.345 e. The van der Waals surface area contributed by atoms with Crippen LogP contribution in [-0.2, 0) is 9.59 Å². The zero-order chi connectivity index (χ0) is 13.7. The van der Waals surface area contributed by atoms with Crippen LogP contribution in [0.4, 0.5) is 0 Å². The highest BCUT2D eigenvalue weighted by Gasteiger charge is 2.33. The number of ketones is 1. The highest BCUT2D eigenvalue weighted by atomic mass is 32.2. The predicted molar refractivity (Wildman–Crippen MR) is 74.3 cm³/mol. The summed E-state index contributed by atoms with van der Waals surface area (Å²) in [5.74, 6) is 0.839. The van der Waals surface area contributed by atoms with Crippen molar-refractivity contribution >= 4 is 23.5 Å². The molecule has 1 aliphatic rings. The number of nitrogens with two attached hydrogens (primary N) is 1. The number of carbonyl (C=O) groups is 2. The Morgan fingerprint density at radius 3 is 2.61 bits per heavy atom. The third-order valence-electron chi connectivity index (χ3n) is 3.21. The van der Waals surface area contributed by atoms with E-state index in [0.29, 0.717) is 0 Å². The minimum atomic E-state index is -0.589. The van der Waals surface area contributed by atoms with Crippen LogP contribution in [0.3, 0.4) is 0 Å². The first-order valence-corrected chi connectivity index (χ1v) is 7.47. The lowest BCUT2D eigenvalue weighted by molar-refractivity contribution is -0.129. The summed E-state index contributed by atoms with van der Waals surface area (Å²) in [5.41, 5.74) is 5.54. The predicted octanol–water partition coefficient (Wildman–Crippen LogP) is 0.0961. The van der Waals surface area contributed by atoms with Crippen molar-refractivity contribution in [2.45, 2.75) is 44.6 Å². The average molecular weight is 273 g/mol. The second-order valence-corrected chi connectivity index (χ2v) is 5.98. The van der Waals surface area contributed by atoms with Crippen molar-refractivity contribution in [3.05, 3.63) is 0 Å². The Balaban J connectivity index is 2.70. The molecule has 0 radical (unpaired) electrons. The van der Waals surface area contributed by atoms with Gasteiger partial charge >= 0.3 is 0 Å². The van der Waals surface area contributed by atoms with E-state index in [-0.39, 0.29) is 23.0 Å². The summed E-state index contributed by atoms with van der Waals surface area (Å²) in [6.07, 6.45) is 0.840.